The number of piperazine rings is 1. The normalized spacial score (nSPS) is 18.5. The van der Waals surface area contributed by atoms with Crippen molar-refractivity contribution in [3.63, 3.8) is 0 Å². The Kier molecular flexibility index (Phi) is 7.66. The molecule has 1 amide bonds. The van der Waals surface area contributed by atoms with E-state index >= 15 is 0 Å². The molecular weight excluding hydrogens is 481 g/mol. The lowest BCUT2D eigenvalue weighted by atomic mass is 10.1. The first kappa shape index (κ1) is 24.5. The van der Waals surface area contributed by atoms with Crippen LogP contribution in [0.5, 0.6) is 0 Å². The van der Waals surface area contributed by atoms with Gasteiger partial charge in [0, 0.05) is 45.8 Å². The number of nitrogens with zero attached hydrogens (tertiary/aromatic N) is 3. The SMILES string of the molecule is Cc1cccc(CN2CCN(C(=O)c3cc(S(=O)(=O)N4CCCCC4)c(Cl)cc3Cl)CC2)c1. The predicted octanol–water partition coefficient (Wildman–Crippen LogP) is 4.43. The monoisotopic (exact) mass is 509 g/mol. The lowest BCUT2D eigenvalue weighted by molar-refractivity contribution is 0.0628. The second-order valence-corrected chi connectivity index (χ2v) is 11.5. The minimum absolute atomic E-state index is 0.0445. The van der Waals surface area contributed by atoms with Crippen molar-refractivity contribution in [2.24, 2.45) is 0 Å². The molecule has 0 radical (unpaired) electrons. The summed E-state index contributed by atoms with van der Waals surface area (Å²) in [5.41, 5.74) is 2.67. The van der Waals surface area contributed by atoms with E-state index < -0.39 is 10.0 Å². The van der Waals surface area contributed by atoms with Crippen molar-refractivity contribution in [1.29, 1.82) is 0 Å². The Balaban J connectivity index is 1.48. The lowest BCUT2D eigenvalue weighted by Gasteiger charge is -2.35. The van der Waals surface area contributed by atoms with E-state index in [-0.39, 0.29) is 26.4 Å². The highest BCUT2D eigenvalue weighted by Gasteiger charge is 2.31. The Labute approximate surface area is 206 Å². The molecule has 178 valence electrons. The highest BCUT2D eigenvalue weighted by Crippen LogP contribution is 2.32. The number of rotatable bonds is 5. The number of piperidine rings is 1. The van der Waals surface area contributed by atoms with E-state index in [2.05, 4.69) is 36.1 Å². The van der Waals surface area contributed by atoms with Gasteiger partial charge in [0.25, 0.3) is 5.91 Å². The van der Waals surface area contributed by atoms with E-state index in [1.54, 1.807) is 4.90 Å². The number of hydrogen-bond donors (Lipinski definition) is 0. The Hall–Kier alpha value is -1.64. The summed E-state index contributed by atoms with van der Waals surface area (Å²) in [4.78, 5) is 17.3. The fourth-order valence-corrected chi connectivity index (χ4v) is 6.83. The third kappa shape index (κ3) is 5.54. The maximum absolute atomic E-state index is 13.3. The van der Waals surface area contributed by atoms with E-state index in [1.165, 1.54) is 27.6 Å². The zero-order valence-electron chi connectivity index (χ0n) is 18.8. The summed E-state index contributed by atoms with van der Waals surface area (Å²) >= 11 is 12.6. The van der Waals surface area contributed by atoms with Gasteiger partial charge in [-0.15, -0.1) is 0 Å². The number of benzene rings is 2. The van der Waals surface area contributed by atoms with Crippen LogP contribution in [-0.2, 0) is 16.6 Å². The van der Waals surface area contributed by atoms with E-state index in [1.807, 2.05) is 0 Å². The number of aryl methyl sites for hydroxylation is 1. The maximum Gasteiger partial charge on any atom is 0.255 e. The summed E-state index contributed by atoms with van der Waals surface area (Å²) < 4.78 is 27.8. The van der Waals surface area contributed by atoms with E-state index in [9.17, 15) is 13.2 Å². The van der Waals surface area contributed by atoms with Gasteiger partial charge < -0.3 is 4.90 Å². The molecule has 0 atom stereocenters. The molecule has 33 heavy (non-hydrogen) atoms. The smallest absolute Gasteiger partial charge is 0.255 e. The van der Waals surface area contributed by atoms with Crippen molar-refractivity contribution in [3.8, 4) is 0 Å². The molecule has 2 aliphatic rings. The van der Waals surface area contributed by atoms with Gasteiger partial charge in [-0.05, 0) is 37.5 Å². The number of carbonyl (C=O) groups is 1. The van der Waals surface area contributed by atoms with Crippen LogP contribution in [0.15, 0.2) is 41.3 Å². The maximum atomic E-state index is 13.3. The molecule has 2 aliphatic heterocycles. The highest BCUT2D eigenvalue weighted by molar-refractivity contribution is 7.89. The zero-order chi connectivity index (χ0) is 23.6. The van der Waals surface area contributed by atoms with Crippen molar-refractivity contribution in [3.05, 3.63) is 63.1 Å². The second kappa shape index (κ2) is 10.3. The molecule has 2 aromatic rings. The van der Waals surface area contributed by atoms with Gasteiger partial charge in [0.2, 0.25) is 10.0 Å². The predicted molar refractivity (Wildman–Crippen MR) is 131 cm³/mol. The van der Waals surface area contributed by atoms with Gasteiger partial charge in [0.1, 0.15) is 4.90 Å². The van der Waals surface area contributed by atoms with Crippen LogP contribution in [-0.4, -0.2) is 67.7 Å². The van der Waals surface area contributed by atoms with Crippen LogP contribution in [0.2, 0.25) is 10.0 Å². The van der Waals surface area contributed by atoms with Crippen molar-refractivity contribution < 1.29 is 13.2 Å². The first-order valence-corrected chi connectivity index (χ1v) is 13.5. The van der Waals surface area contributed by atoms with Gasteiger partial charge >= 0.3 is 0 Å². The van der Waals surface area contributed by atoms with Crippen LogP contribution in [0.25, 0.3) is 0 Å². The molecule has 0 bridgehead atoms. The molecule has 2 aromatic carbocycles. The van der Waals surface area contributed by atoms with Gasteiger partial charge in [-0.25, -0.2) is 8.42 Å². The molecule has 6 nitrogen and oxygen atoms in total. The van der Waals surface area contributed by atoms with Crippen LogP contribution in [0.3, 0.4) is 0 Å². The highest BCUT2D eigenvalue weighted by atomic mass is 35.5. The number of hydrogen-bond acceptors (Lipinski definition) is 4. The Morgan fingerprint density at radius 1 is 0.909 bits per heavy atom. The summed E-state index contributed by atoms with van der Waals surface area (Å²) in [7, 11) is -3.78. The van der Waals surface area contributed by atoms with Gasteiger partial charge in [0.15, 0.2) is 0 Å². The average Bonchev–Trinajstić information content (AvgIpc) is 2.80. The number of amides is 1. The van der Waals surface area contributed by atoms with Crippen molar-refractivity contribution >= 4 is 39.1 Å². The topological polar surface area (TPSA) is 60.9 Å². The molecule has 9 heteroatoms. The van der Waals surface area contributed by atoms with Gasteiger partial charge in [-0.1, -0.05) is 59.5 Å². The first-order valence-electron chi connectivity index (χ1n) is 11.3. The third-order valence-electron chi connectivity index (χ3n) is 6.33. The fourth-order valence-electron chi connectivity index (χ4n) is 4.48. The molecule has 0 aliphatic carbocycles. The van der Waals surface area contributed by atoms with Gasteiger partial charge in [-0.3, -0.25) is 9.69 Å². The number of halogens is 2. The molecular formula is C24H29Cl2N3O3S. The molecule has 0 unspecified atom stereocenters. The molecule has 0 aromatic heterocycles. The Morgan fingerprint density at radius 2 is 1.61 bits per heavy atom. The second-order valence-electron chi connectivity index (χ2n) is 8.78. The summed E-state index contributed by atoms with van der Waals surface area (Å²) in [5.74, 6) is -0.262. The van der Waals surface area contributed by atoms with Crippen molar-refractivity contribution in [2.45, 2.75) is 37.6 Å². The molecule has 2 fully saturated rings. The fraction of sp³-hybridized carbons (Fsp3) is 0.458. The average molecular weight is 510 g/mol. The zero-order valence-corrected chi connectivity index (χ0v) is 21.1. The van der Waals surface area contributed by atoms with Crippen LogP contribution >= 0.6 is 23.2 Å². The summed E-state index contributed by atoms with van der Waals surface area (Å²) in [6, 6.07) is 11.2. The third-order valence-corrected chi connectivity index (χ3v) is 9.01. The van der Waals surface area contributed by atoms with Crippen molar-refractivity contribution in [1.82, 2.24) is 14.1 Å². The summed E-state index contributed by atoms with van der Waals surface area (Å²) in [6.45, 7) is 6.43. The largest absolute Gasteiger partial charge is 0.336 e. The first-order chi connectivity index (χ1) is 15.8. The van der Waals surface area contributed by atoms with Gasteiger partial charge in [-0.2, -0.15) is 4.31 Å². The molecule has 2 saturated heterocycles. The van der Waals surface area contributed by atoms with E-state index in [0.717, 1.165) is 38.9 Å². The summed E-state index contributed by atoms with van der Waals surface area (Å²) in [6.07, 6.45) is 2.66. The van der Waals surface area contributed by atoms with Crippen LogP contribution in [0.1, 0.15) is 40.7 Å². The quantitative estimate of drug-likeness (QED) is 0.597. The van der Waals surface area contributed by atoms with E-state index in [4.69, 9.17) is 23.2 Å². The van der Waals surface area contributed by atoms with Crippen LogP contribution in [0.4, 0.5) is 0 Å². The Morgan fingerprint density at radius 3 is 2.27 bits per heavy atom. The molecule has 0 spiro atoms. The van der Waals surface area contributed by atoms with Crippen LogP contribution < -0.4 is 0 Å². The molecule has 2 heterocycles. The standard InChI is InChI=1S/C24H29Cl2N3O3S/c1-18-6-5-7-19(14-18)17-27-10-12-28(13-11-27)24(30)20-15-23(22(26)16-21(20)25)33(31,32)29-8-3-2-4-9-29/h5-7,14-16H,2-4,8-13,17H2,1H3. The lowest BCUT2D eigenvalue weighted by Crippen LogP contribution is -2.48. The van der Waals surface area contributed by atoms with Gasteiger partial charge in [0.05, 0.1) is 15.6 Å². The van der Waals surface area contributed by atoms with Crippen molar-refractivity contribution in [2.75, 3.05) is 39.3 Å². The summed E-state index contributed by atoms with van der Waals surface area (Å²) in [5, 5.41) is 0.217. The molecule has 4 rings (SSSR count). The Bertz CT molecular complexity index is 1130. The number of carbonyl (C=O) groups excluding carboxylic acids is 1. The minimum atomic E-state index is -3.78. The van der Waals surface area contributed by atoms with E-state index in [0.29, 0.717) is 26.2 Å². The van der Waals surface area contributed by atoms with Crippen LogP contribution in [0, 0.1) is 6.92 Å². The molecule has 0 N–H and O–H groups in total. The molecule has 0 saturated carbocycles. The number of sulfonamides is 1. The minimum Gasteiger partial charge on any atom is -0.336 e.